The van der Waals surface area contributed by atoms with Crippen LogP contribution in [0.15, 0.2) is 12.2 Å². The summed E-state index contributed by atoms with van der Waals surface area (Å²) >= 11 is 0. The maximum absolute atomic E-state index is 3.82. The average molecular weight is 250 g/mol. The second-order valence-electron chi connectivity index (χ2n) is 6.67. The van der Waals surface area contributed by atoms with Gasteiger partial charge in [0.2, 0.25) is 0 Å². The fraction of sp³-hybridized carbons (Fsp3) is 0.875. The molecule has 1 saturated carbocycles. The van der Waals surface area contributed by atoms with Crippen molar-refractivity contribution >= 4 is 0 Å². The topological polar surface area (TPSA) is 15.3 Å². The number of allylic oxidation sites excluding steroid dienone is 1. The van der Waals surface area contributed by atoms with Gasteiger partial charge in [0.15, 0.2) is 0 Å². The fourth-order valence-electron chi connectivity index (χ4n) is 3.45. The van der Waals surface area contributed by atoms with Gasteiger partial charge in [-0.05, 0) is 39.5 Å². The molecule has 2 rings (SSSR count). The predicted molar refractivity (Wildman–Crippen MR) is 78.8 cm³/mol. The van der Waals surface area contributed by atoms with Crippen LogP contribution in [0.1, 0.15) is 52.9 Å². The van der Waals surface area contributed by atoms with Crippen molar-refractivity contribution in [3.05, 3.63) is 12.2 Å². The summed E-state index contributed by atoms with van der Waals surface area (Å²) in [5.74, 6) is 0.919. The number of piperazine rings is 1. The summed E-state index contributed by atoms with van der Waals surface area (Å²) in [6.45, 7) is 10.3. The molecule has 2 heteroatoms. The van der Waals surface area contributed by atoms with Crippen molar-refractivity contribution in [1.29, 1.82) is 0 Å². The molecule has 104 valence electrons. The zero-order valence-corrected chi connectivity index (χ0v) is 12.4. The molecular weight excluding hydrogens is 220 g/mol. The van der Waals surface area contributed by atoms with Crippen molar-refractivity contribution in [2.75, 3.05) is 19.6 Å². The van der Waals surface area contributed by atoms with Crippen LogP contribution in [-0.4, -0.2) is 36.1 Å². The molecule has 0 radical (unpaired) electrons. The van der Waals surface area contributed by atoms with Crippen LogP contribution in [0.3, 0.4) is 0 Å². The smallest absolute Gasteiger partial charge is 0.0281 e. The lowest BCUT2D eigenvalue weighted by molar-refractivity contribution is 0.0543. The van der Waals surface area contributed by atoms with Crippen LogP contribution in [-0.2, 0) is 0 Å². The van der Waals surface area contributed by atoms with Gasteiger partial charge in [0, 0.05) is 31.2 Å². The van der Waals surface area contributed by atoms with E-state index in [4.69, 9.17) is 0 Å². The SMILES string of the molecule is C/C=C/CN1CC(C2CCCCC2)NCC1(C)C. The van der Waals surface area contributed by atoms with E-state index in [1.54, 1.807) is 0 Å². The highest BCUT2D eigenvalue weighted by Crippen LogP contribution is 2.30. The molecule has 18 heavy (non-hydrogen) atoms. The Balaban J connectivity index is 1.95. The average Bonchev–Trinajstić information content (AvgIpc) is 2.38. The molecule has 2 nitrogen and oxygen atoms in total. The Morgan fingerprint density at radius 1 is 1.22 bits per heavy atom. The molecule has 0 spiro atoms. The third-order valence-electron chi connectivity index (χ3n) is 4.85. The third-order valence-corrected chi connectivity index (χ3v) is 4.85. The van der Waals surface area contributed by atoms with Gasteiger partial charge in [0.05, 0.1) is 0 Å². The molecule has 0 aromatic rings. The van der Waals surface area contributed by atoms with Gasteiger partial charge in [0.1, 0.15) is 0 Å². The van der Waals surface area contributed by atoms with Crippen molar-refractivity contribution in [2.24, 2.45) is 5.92 Å². The summed E-state index contributed by atoms with van der Waals surface area (Å²) < 4.78 is 0. The maximum atomic E-state index is 3.82. The highest BCUT2D eigenvalue weighted by Gasteiger charge is 2.36. The van der Waals surface area contributed by atoms with E-state index in [2.05, 4.69) is 43.1 Å². The highest BCUT2D eigenvalue weighted by atomic mass is 15.3. The molecule has 1 unspecified atom stereocenters. The summed E-state index contributed by atoms with van der Waals surface area (Å²) in [6, 6.07) is 0.726. The van der Waals surface area contributed by atoms with Crippen LogP contribution < -0.4 is 5.32 Å². The largest absolute Gasteiger partial charge is 0.311 e. The Bertz CT molecular complexity index is 277. The van der Waals surface area contributed by atoms with Crippen molar-refractivity contribution < 1.29 is 0 Å². The van der Waals surface area contributed by atoms with Crippen molar-refractivity contribution in [3.63, 3.8) is 0 Å². The quantitative estimate of drug-likeness (QED) is 0.774. The number of hydrogen-bond donors (Lipinski definition) is 1. The molecule has 1 N–H and O–H groups in total. The second-order valence-corrected chi connectivity index (χ2v) is 6.67. The summed E-state index contributed by atoms with van der Waals surface area (Å²) in [6.07, 6.45) is 11.7. The first-order chi connectivity index (χ1) is 8.63. The first-order valence-corrected chi connectivity index (χ1v) is 7.73. The molecule has 0 amide bonds. The highest BCUT2D eigenvalue weighted by molar-refractivity contribution is 4.98. The molecule has 0 aromatic heterocycles. The summed E-state index contributed by atoms with van der Waals surface area (Å²) in [5, 5.41) is 3.82. The Morgan fingerprint density at radius 2 is 1.94 bits per heavy atom. The number of nitrogens with zero attached hydrogens (tertiary/aromatic N) is 1. The molecule has 1 saturated heterocycles. The third kappa shape index (κ3) is 3.36. The molecular formula is C16H30N2. The summed E-state index contributed by atoms with van der Waals surface area (Å²) in [5.41, 5.74) is 0.296. The molecule has 1 atom stereocenters. The summed E-state index contributed by atoms with van der Waals surface area (Å²) in [4.78, 5) is 2.66. The Kier molecular flexibility index (Phi) is 4.85. The van der Waals surface area contributed by atoms with Gasteiger partial charge in [0.25, 0.3) is 0 Å². The van der Waals surface area contributed by atoms with E-state index in [1.165, 1.54) is 38.6 Å². The van der Waals surface area contributed by atoms with E-state index in [9.17, 15) is 0 Å². The first-order valence-electron chi connectivity index (χ1n) is 7.73. The first kappa shape index (κ1) is 14.1. The molecule has 1 aliphatic carbocycles. The minimum atomic E-state index is 0.296. The zero-order valence-electron chi connectivity index (χ0n) is 12.4. The minimum Gasteiger partial charge on any atom is -0.311 e. The lowest BCUT2D eigenvalue weighted by atomic mass is 9.81. The van der Waals surface area contributed by atoms with Crippen LogP contribution in [0.5, 0.6) is 0 Å². The molecule has 0 bridgehead atoms. The number of hydrogen-bond acceptors (Lipinski definition) is 2. The van der Waals surface area contributed by atoms with Crippen LogP contribution >= 0.6 is 0 Å². The number of rotatable bonds is 3. The fourth-order valence-corrected chi connectivity index (χ4v) is 3.45. The maximum Gasteiger partial charge on any atom is 0.0281 e. The van der Waals surface area contributed by atoms with E-state index in [0.717, 1.165) is 25.0 Å². The van der Waals surface area contributed by atoms with Crippen LogP contribution in [0.2, 0.25) is 0 Å². The monoisotopic (exact) mass is 250 g/mol. The van der Waals surface area contributed by atoms with Gasteiger partial charge in [-0.25, -0.2) is 0 Å². The standard InChI is InChI=1S/C16H30N2/c1-4-5-11-18-12-15(17-13-16(18,2)3)14-9-7-6-8-10-14/h4-5,14-15,17H,6-13H2,1-3H3/b5-4+. The van der Waals surface area contributed by atoms with E-state index in [-0.39, 0.29) is 0 Å². The molecule has 1 heterocycles. The lowest BCUT2D eigenvalue weighted by Crippen LogP contribution is -2.63. The Labute approximate surface area is 113 Å². The van der Waals surface area contributed by atoms with Gasteiger partial charge in [-0.3, -0.25) is 4.90 Å². The molecule has 2 fully saturated rings. The normalized spacial score (nSPS) is 30.9. The Hall–Kier alpha value is -0.340. The molecule has 2 aliphatic rings. The van der Waals surface area contributed by atoms with E-state index >= 15 is 0 Å². The van der Waals surface area contributed by atoms with Gasteiger partial charge in [-0.1, -0.05) is 31.4 Å². The lowest BCUT2D eigenvalue weighted by Gasteiger charge is -2.48. The van der Waals surface area contributed by atoms with Gasteiger partial charge in [-0.15, -0.1) is 0 Å². The molecule has 1 aliphatic heterocycles. The van der Waals surface area contributed by atoms with Crippen LogP contribution in [0.25, 0.3) is 0 Å². The van der Waals surface area contributed by atoms with E-state index < -0.39 is 0 Å². The zero-order chi connectivity index (χ0) is 13.0. The minimum absolute atomic E-state index is 0.296. The van der Waals surface area contributed by atoms with Gasteiger partial charge >= 0.3 is 0 Å². The van der Waals surface area contributed by atoms with Gasteiger partial charge in [-0.2, -0.15) is 0 Å². The number of nitrogens with one attached hydrogen (secondary N) is 1. The van der Waals surface area contributed by atoms with Gasteiger partial charge < -0.3 is 5.32 Å². The second kappa shape index (κ2) is 6.21. The predicted octanol–water partition coefficient (Wildman–Crippen LogP) is 3.20. The van der Waals surface area contributed by atoms with Crippen molar-refractivity contribution in [3.8, 4) is 0 Å². The van der Waals surface area contributed by atoms with E-state index in [1.807, 2.05) is 0 Å². The van der Waals surface area contributed by atoms with Crippen molar-refractivity contribution in [2.45, 2.75) is 64.5 Å². The van der Waals surface area contributed by atoms with Crippen LogP contribution in [0, 0.1) is 5.92 Å². The Morgan fingerprint density at radius 3 is 2.61 bits per heavy atom. The van der Waals surface area contributed by atoms with E-state index in [0.29, 0.717) is 5.54 Å². The van der Waals surface area contributed by atoms with Crippen molar-refractivity contribution in [1.82, 2.24) is 10.2 Å². The van der Waals surface area contributed by atoms with Crippen LogP contribution in [0.4, 0.5) is 0 Å². The molecule has 0 aromatic carbocycles. The summed E-state index contributed by atoms with van der Waals surface area (Å²) in [7, 11) is 0.